The van der Waals surface area contributed by atoms with Gasteiger partial charge in [-0.25, -0.2) is 0 Å². The second-order valence-corrected chi connectivity index (χ2v) is 4.13. The molecule has 2 saturated carbocycles. The number of hydrogen-bond donors (Lipinski definition) is 1. The normalized spacial score (nSPS) is 36.0. The highest BCUT2D eigenvalue weighted by molar-refractivity contribution is 5.15. The zero-order valence-corrected chi connectivity index (χ0v) is 6.77. The van der Waals surface area contributed by atoms with Gasteiger partial charge in [0.25, 0.3) is 0 Å². The third-order valence-corrected chi connectivity index (χ3v) is 3.28. The van der Waals surface area contributed by atoms with E-state index in [2.05, 4.69) is 6.92 Å². The number of hydrogen-bond acceptors (Lipinski definition) is 1. The van der Waals surface area contributed by atoms with Gasteiger partial charge >= 0.3 is 0 Å². The van der Waals surface area contributed by atoms with Gasteiger partial charge in [-0.3, -0.25) is 0 Å². The fraction of sp³-hybridized carbons (Fsp3) is 1.00. The topological polar surface area (TPSA) is 26.0 Å². The lowest BCUT2D eigenvalue weighted by molar-refractivity contribution is 0.505. The van der Waals surface area contributed by atoms with Crippen molar-refractivity contribution in [3.8, 4) is 0 Å². The quantitative estimate of drug-likeness (QED) is 0.635. The Hall–Kier alpha value is -0.0400. The predicted octanol–water partition coefficient (Wildman–Crippen LogP) is 1.91. The Kier molecular flexibility index (Phi) is 1.31. The summed E-state index contributed by atoms with van der Waals surface area (Å²) in [6.07, 6.45) is 6.92. The molecule has 2 fully saturated rings. The number of rotatable bonds is 3. The molecule has 10 heavy (non-hydrogen) atoms. The van der Waals surface area contributed by atoms with Crippen LogP contribution in [0.1, 0.15) is 39.0 Å². The second-order valence-electron chi connectivity index (χ2n) is 4.13. The average Bonchev–Trinajstić information content (AvgIpc) is 2.76. The van der Waals surface area contributed by atoms with Crippen molar-refractivity contribution < 1.29 is 0 Å². The highest BCUT2D eigenvalue weighted by atomic mass is 14.8. The Balaban J connectivity index is 1.79. The maximum absolute atomic E-state index is 6.01. The molecule has 58 valence electrons. The molecule has 0 aliphatic heterocycles. The molecule has 0 amide bonds. The predicted molar refractivity (Wildman–Crippen MR) is 42.7 cm³/mol. The second kappa shape index (κ2) is 1.97. The minimum absolute atomic E-state index is 0.535. The van der Waals surface area contributed by atoms with Crippen LogP contribution in [0.2, 0.25) is 0 Å². The molecule has 0 saturated heterocycles. The lowest BCUT2D eigenvalue weighted by Crippen LogP contribution is -2.23. The van der Waals surface area contributed by atoms with Crippen molar-refractivity contribution in [2.24, 2.45) is 17.1 Å². The van der Waals surface area contributed by atoms with Crippen LogP contribution in [0.4, 0.5) is 0 Å². The van der Waals surface area contributed by atoms with E-state index >= 15 is 0 Å². The Morgan fingerprint density at radius 2 is 2.30 bits per heavy atom. The Morgan fingerprint density at radius 3 is 2.70 bits per heavy atom. The van der Waals surface area contributed by atoms with Crippen molar-refractivity contribution >= 4 is 0 Å². The van der Waals surface area contributed by atoms with Crippen LogP contribution < -0.4 is 5.73 Å². The molecule has 1 spiro atoms. The highest BCUT2D eigenvalue weighted by Gasteiger charge is 2.63. The van der Waals surface area contributed by atoms with Gasteiger partial charge in [-0.2, -0.15) is 0 Å². The molecular weight excluding hydrogens is 122 g/mol. The monoisotopic (exact) mass is 139 g/mol. The van der Waals surface area contributed by atoms with Gasteiger partial charge in [0.1, 0.15) is 0 Å². The summed E-state index contributed by atoms with van der Waals surface area (Å²) in [6, 6.07) is 0.535. The van der Waals surface area contributed by atoms with E-state index in [9.17, 15) is 0 Å². The van der Waals surface area contributed by atoms with Crippen molar-refractivity contribution in [2.75, 3.05) is 0 Å². The summed E-state index contributed by atoms with van der Waals surface area (Å²) in [6.45, 7) is 2.22. The van der Waals surface area contributed by atoms with Crippen LogP contribution in [0.5, 0.6) is 0 Å². The van der Waals surface area contributed by atoms with Gasteiger partial charge in [0.15, 0.2) is 0 Å². The molecule has 1 heteroatoms. The SMILES string of the molecule is CCCC(N)C1CC12CC2. The molecular formula is C9H17N. The van der Waals surface area contributed by atoms with Crippen molar-refractivity contribution in [3.05, 3.63) is 0 Å². The van der Waals surface area contributed by atoms with E-state index in [4.69, 9.17) is 5.73 Å². The summed E-state index contributed by atoms with van der Waals surface area (Å²) in [4.78, 5) is 0. The zero-order valence-electron chi connectivity index (χ0n) is 6.77. The summed E-state index contributed by atoms with van der Waals surface area (Å²) >= 11 is 0. The smallest absolute Gasteiger partial charge is 0.00725 e. The minimum atomic E-state index is 0.535. The fourth-order valence-electron chi connectivity index (χ4n) is 2.25. The van der Waals surface area contributed by atoms with E-state index in [1.165, 1.54) is 32.1 Å². The van der Waals surface area contributed by atoms with E-state index in [1.54, 1.807) is 0 Å². The third-order valence-electron chi connectivity index (χ3n) is 3.28. The summed E-state index contributed by atoms with van der Waals surface area (Å²) in [5.41, 5.74) is 6.82. The molecule has 1 nitrogen and oxygen atoms in total. The van der Waals surface area contributed by atoms with E-state index in [0.29, 0.717) is 6.04 Å². The molecule has 0 aromatic carbocycles. The molecule has 0 aromatic heterocycles. The summed E-state index contributed by atoms with van der Waals surface area (Å²) in [5, 5.41) is 0. The molecule has 2 unspecified atom stereocenters. The van der Waals surface area contributed by atoms with Gasteiger partial charge in [-0.15, -0.1) is 0 Å². The van der Waals surface area contributed by atoms with Crippen LogP contribution in [0, 0.1) is 11.3 Å². The molecule has 2 aliphatic rings. The van der Waals surface area contributed by atoms with E-state index in [-0.39, 0.29) is 0 Å². The Bertz CT molecular complexity index is 138. The van der Waals surface area contributed by atoms with E-state index in [1.807, 2.05) is 0 Å². The van der Waals surface area contributed by atoms with Crippen LogP contribution in [0.25, 0.3) is 0 Å². The van der Waals surface area contributed by atoms with Crippen LogP contribution in [-0.2, 0) is 0 Å². The van der Waals surface area contributed by atoms with Gasteiger partial charge in [-0.05, 0) is 37.0 Å². The molecule has 0 heterocycles. The van der Waals surface area contributed by atoms with Crippen molar-refractivity contribution in [3.63, 3.8) is 0 Å². The van der Waals surface area contributed by atoms with Crippen LogP contribution in [0.15, 0.2) is 0 Å². The summed E-state index contributed by atoms with van der Waals surface area (Å²) < 4.78 is 0. The molecule has 2 rings (SSSR count). The molecule has 2 aliphatic carbocycles. The molecule has 0 aromatic rings. The van der Waals surface area contributed by atoms with Crippen molar-refractivity contribution in [1.29, 1.82) is 0 Å². The first kappa shape index (κ1) is 6.66. The molecule has 0 bridgehead atoms. The van der Waals surface area contributed by atoms with Gasteiger partial charge in [-0.1, -0.05) is 13.3 Å². The van der Waals surface area contributed by atoms with Crippen LogP contribution in [-0.4, -0.2) is 6.04 Å². The van der Waals surface area contributed by atoms with Gasteiger partial charge < -0.3 is 5.73 Å². The lowest BCUT2D eigenvalue weighted by atomic mass is 10.1. The third kappa shape index (κ3) is 0.878. The first-order chi connectivity index (χ1) is 4.78. The molecule has 2 N–H and O–H groups in total. The number of nitrogens with two attached hydrogens (primary N) is 1. The average molecular weight is 139 g/mol. The van der Waals surface area contributed by atoms with E-state index < -0.39 is 0 Å². The van der Waals surface area contributed by atoms with Crippen molar-refractivity contribution in [2.45, 2.75) is 45.1 Å². The highest BCUT2D eigenvalue weighted by Crippen LogP contribution is 2.71. The Morgan fingerprint density at radius 1 is 1.60 bits per heavy atom. The molecule has 0 radical (unpaired) electrons. The maximum Gasteiger partial charge on any atom is 0.00725 e. The van der Waals surface area contributed by atoms with Gasteiger partial charge in [0, 0.05) is 6.04 Å². The largest absolute Gasteiger partial charge is 0.327 e. The van der Waals surface area contributed by atoms with Gasteiger partial charge in [0.2, 0.25) is 0 Å². The molecule has 2 atom stereocenters. The maximum atomic E-state index is 6.01. The zero-order chi connectivity index (χ0) is 7.19. The fourth-order valence-corrected chi connectivity index (χ4v) is 2.25. The van der Waals surface area contributed by atoms with Crippen LogP contribution in [0.3, 0.4) is 0 Å². The Labute approximate surface area is 63.0 Å². The van der Waals surface area contributed by atoms with E-state index in [0.717, 1.165) is 11.3 Å². The summed E-state index contributed by atoms with van der Waals surface area (Å²) in [5.74, 6) is 0.924. The minimum Gasteiger partial charge on any atom is -0.327 e. The van der Waals surface area contributed by atoms with Gasteiger partial charge in [0.05, 0.1) is 0 Å². The standard InChI is InChI=1S/C9H17N/c1-2-3-8(10)7-6-9(7)4-5-9/h7-8H,2-6,10H2,1H3. The van der Waals surface area contributed by atoms with Crippen LogP contribution >= 0.6 is 0 Å². The lowest BCUT2D eigenvalue weighted by Gasteiger charge is -2.07. The summed E-state index contributed by atoms with van der Waals surface area (Å²) in [7, 11) is 0. The van der Waals surface area contributed by atoms with Crippen molar-refractivity contribution in [1.82, 2.24) is 0 Å². The first-order valence-electron chi connectivity index (χ1n) is 4.54. The first-order valence-corrected chi connectivity index (χ1v) is 4.54.